The molecule has 1 atom stereocenters. The maximum atomic E-state index is 6.17. The molecule has 1 heterocycles. The van der Waals surface area contributed by atoms with Gasteiger partial charge in [-0.25, -0.2) is 0 Å². The van der Waals surface area contributed by atoms with Crippen molar-refractivity contribution < 1.29 is 0 Å². The number of rotatable bonds is 4. The first-order valence-corrected chi connectivity index (χ1v) is 6.47. The van der Waals surface area contributed by atoms with E-state index in [-0.39, 0.29) is 6.04 Å². The molecule has 0 aliphatic rings. The summed E-state index contributed by atoms with van der Waals surface area (Å²) in [5.41, 5.74) is 2.23. The molecule has 1 N–H and O–H groups in total. The van der Waals surface area contributed by atoms with Crippen LogP contribution >= 0.6 is 23.2 Å². The summed E-state index contributed by atoms with van der Waals surface area (Å²) < 4.78 is 0. The van der Waals surface area contributed by atoms with Crippen molar-refractivity contribution in [3.05, 3.63) is 63.9 Å². The molecular formula is C14H14Cl2N2. The zero-order chi connectivity index (χ0) is 13.0. The van der Waals surface area contributed by atoms with Crippen molar-refractivity contribution in [1.29, 1.82) is 0 Å². The summed E-state index contributed by atoms with van der Waals surface area (Å²) in [6, 6.07) is 9.96. The van der Waals surface area contributed by atoms with Crippen molar-refractivity contribution in [2.45, 2.75) is 12.5 Å². The summed E-state index contributed by atoms with van der Waals surface area (Å²) in [4.78, 5) is 4.00. The average molecular weight is 281 g/mol. The van der Waals surface area contributed by atoms with Gasteiger partial charge >= 0.3 is 0 Å². The fourth-order valence-electron chi connectivity index (χ4n) is 1.94. The third kappa shape index (κ3) is 3.22. The minimum absolute atomic E-state index is 0.152. The van der Waals surface area contributed by atoms with Crippen LogP contribution in [0.25, 0.3) is 0 Å². The lowest BCUT2D eigenvalue weighted by molar-refractivity contribution is 0.591. The van der Waals surface area contributed by atoms with Crippen molar-refractivity contribution in [1.82, 2.24) is 10.3 Å². The number of likely N-dealkylation sites (N-methyl/N-ethyl adjacent to an activating group) is 1. The number of aromatic nitrogens is 1. The number of hydrogen-bond acceptors (Lipinski definition) is 2. The highest BCUT2D eigenvalue weighted by Gasteiger charge is 2.13. The van der Waals surface area contributed by atoms with Crippen LogP contribution in [0.1, 0.15) is 17.2 Å². The van der Waals surface area contributed by atoms with Crippen LogP contribution in [0.2, 0.25) is 10.0 Å². The van der Waals surface area contributed by atoms with Gasteiger partial charge in [-0.15, -0.1) is 0 Å². The lowest BCUT2D eigenvalue weighted by Gasteiger charge is -2.18. The van der Waals surface area contributed by atoms with E-state index in [1.54, 1.807) is 12.4 Å². The number of nitrogens with zero attached hydrogens (tertiary/aromatic N) is 1. The fourth-order valence-corrected chi connectivity index (χ4v) is 2.40. The molecule has 0 spiro atoms. The number of pyridine rings is 1. The van der Waals surface area contributed by atoms with Gasteiger partial charge in [-0.3, -0.25) is 4.98 Å². The van der Waals surface area contributed by atoms with Gasteiger partial charge in [0.2, 0.25) is 0 Å². The molecule has 4 heteroatoms. The second-order valence-corrected chi connectivity index (χ2v) is 4.92. The van der Waals surface area contributed by atoms with E-state index in [9.17, 15) is 0 Å². The van der Waals surface area contributed by atoms with E-state index >= 15 is 0 Å². The van der Waals surface area contributed by atoms with Crippen LogP contribution in [0.3, 0.4) is 0 Å². The molecule has 0 amide bonds. The van der Waals surface area contributed by atoms with Crippen molar-refractivity contribution in [3.8, 4) is 0 Å². The second-order valence-electron chi connectivity index (χ2n) is 4.07. The Morgan fingerprint density at radius 2 is 2.11 bits per heavy atom. The topological polar surface area (TPSA) is 24.9 Å². The molecular weight excluding hydrogens is 267 g/mol. The molecule has 0 aliphatic heterocycles. The van der Waals surface area contributed by atoms with E-state index in [1.807, 2.05) is 31.3 Å². The second kappa shape index (κ2) is 6.19. The molecule has 0 bridgehead atoms. The maximum Gasteiger partial charge on any atom is 0.0637 e. The van der Waals surface area contributed by atoms with Gasteiger partial charge in [0.05, 0.1) is 5.02 Å². The molecule has 2 nitrogen and oxygen atoms in total. The van der Waals surface area contributed by atoms with Gasteiger partial charge < -0.3 is 5.32 Å². The van der Waals surface area contributed by atoms with E-state index in [4.69, 9.17) is 23.2 Å². The summed E-state index contributed by atoms with van der Waals surface area (Å²) in [6.45, 7) is 0. The molecule has 1 unspecified atom stereocenters. The van der Waals surface area contributed by atoms with Gasteiger partial charge in [0, 0.05) is 23.5 Å². The van der Waals surface area contributed by atoms with Crippen LogP contribution < -0.4 is 5.32 Å². The Kier molecular flexibility index (Phi) is 4.59. The van der Waals surface area contributed by atoms with Gasteiger partial charge in [-0.2, -0.15) is 0 Å². The average Bonchev–Trinajstić information content (AvgIpc) is 2.37. The van der Waals surface area contributed by atoms with Gasteiger partial charge in [-0.05, 0) is 42.8 Å². The SMILES string of the molecule is CNC(Cc1cccc(Cl)c1)c1ccncc1Cl. The number of nitrogens with one attached hydrogen (secondary N) is 1. The smallest absolute Gasteiger partial charge is 0.0637 e. The Labute approximate surface area is 117 Å². The van der Waals surface area contributed by atoms with Gasteiger partial charge in [0.15, 0.2) is 0 Å². The molecule has 0 fully saturated rings. The Hall–Kier alpha value is -1.09. The van der Waals surface area contributed by atoms with Crippen LogP contribution in [0.15, 0.2) is 42.7 Å². The Morgan fingerprint density at radius 1 is 1.28 bits per heavy atom. The highest BCUT2D eigenvalue weighted by Crippen LogP contribution is 2.25. The summed E-state index contributed by atoms with van der Waals surface area (Å²) >= 11 is 12.2. The predicted molar refractivity (Wildman–Crippen MR) is 76.2 cm³/mol. The quantitative estimate of drug-likeness (QED) is 0.919. The molecule has 2 rings (SSSR count). The molecule has 94 valence electrons. The number of hydrogen-bond donors (Lipinski definition) is 1. The Morgan fingerprint density at radius 3 is 2.78 bits per heavy atom. The van der Waals surface area contributed by atoms with Crippen molar-refractivity contribution in [3.63, 3.8) is 0 Å². The predicted octanol–water partition coefficient (Wildman–Crippen LogP) is 3.89. The minimum Gasteiger partial charge on any atom is -0.313 e. The van der Waals surface area contributed by atoms with Crippen molar-refractivity contribution >= 4 is 23.2 Å². The van der Waals surface area contributed by atoms with E-state index in [2.05, 4.69) is 16.4 Å². The van der Waals surface area contributed by atoms with E-state index in [0.29, 0.717) is 5.02 Å². The number of halogens is 2. The first-order valence-electron chi connectivity index (χ1n) is 5.72. The summed E-state index contributed by atoms with van der Waals surface area (Å²) in [7, 11) is 1.92. The maximum absolute atomic E-state index is 6.17. The lowest BCUT2D eigenvalue weighted by Crippen LogP contribution is -2.19. The Balaban J connectivity index is 2.23. The van der Waals surface area contributed by atoms with Crippen LogP contribution in [-0.4, -0.2) is 12.0 Å². The molecule has 1 aromatic carbocycles. The van der Waals surface area contributed by atoms with E-state index in [0.717, 1.165) is 17.0 Å². The lowest BCUT2D eigenvalue weighted by atomic mass is 10.00. The highest BCUT2D eigenvalue weighted by molar-refractivity contribution is 6.31. The molecule has 0 radical (unpaired) electrons. The molecule has 2 aromatic rings. The molecule has 0 saturated heterocycles. The van der Waals surface area contributed by atoms with Crippen LogP contribution in [0, 0.1) is 0 Å². The summed E-state index contributed by atoms with van der Waals surface area (Å²) in [5.74, 6) is 0. The Bertz CT molecular complexity index is 529. The van der Waals surface area contributed by atoms with Crippen LogP contribution in [0.5, 0.6) is 0 Å². The highest BCUT2D eigenvalue weighted by atomic mass is 35.5. The third-order valence-electron chi connectivity index (χ3n) is 2.86. The standard InChI is InChI=1S/C14H14Cl2N2/c1-17-14(12-5-6-18-9-13(12)16)8-10-3-2-4-11(15)7-10/h2-7,9,14,17H,8H2,1H3. The largest absolute Gasteiger partial charge is 0.313 e. The zero-order valence-corrected chi connectivity index (χ0v) is 11.5. The van der Waals surface area contributed by atoms with Crippen molar-refractivity contribution in [2.24, 2.45) is 0 Å². The summed E-state index contributed by atoms with van der Waals surface area (Å²) in [5, 5.41) is 4.70. The monoisotopic (exact) mass is 280 g/mol. The van der Waals surface area contributed by atoms with Crippen LogP contribution in [0.4, 0.5) is 0 Å². The molecule has 1 aromatic heterocycles. The first kappa shape index (κ1) is 13.3. The third-order valence-corrected chi connectivity index (χ3v) is 3.41. The zero-order valence-electron chi connectivity index (χ0n) is 10.0. The van der Waals surface area contributed by atoms with Crippen LogP contribution in [-0.2, 0) is 6.42 Å². The van der Waals surface area contributed by atoms with Gasteiger partial charge in [-0.1, -0.05) is 35.3 Å². The fraction of sp³-hybridized carbons (Fsp3) is 0.214. The minimum atomic E-state index is 0.152. The molecule has 0 aliphatic carbocycles. The normalized spacial score (nSPS) is 12.4. The van der Waals surface area contributed by atoms with E-state index in [1.165, 1.54) is 5.56 Å². The summed E-state index contributed by atoms with van der Waals surface area (Å²) in [6.07, 6.45) is 4.25. The van der Waals surface area contributed by atoms with Gasteiger partial charge in [0.1, 0.15) is 0 Å². The first-order chi connectivity index (χ1) is 8.70. The van der Waals surface area contributed by atoms with Crippen molar-refractivity contribution in [2.75, 3.05) is 7.05 Å². The molecule has 18 heavy (non-hydrogen) atoms. The van der Waals surface area contributed by atoms with E-state index < -0.39 is 0 Å². The number of benzene rings is 1. The van der Waals surface area contributed by atoms with Gasteiger partial charge in [0.25, 0.3) is 0 Å². The molecule has 0 saturated carbocycles.